The van der Waals surface area contributed by atoms with E-state index in [1.807, 2.05) is 0 Å². The van der Waals surface area contributed by atoms with E-state index in [2.05, 4.69) is 39.6 Å². The Balaban J connectivity index is 3.66. The summed E-state index contributed by atoms with van der Waals surface area (Å²) in [5, 5.41) is 3.45. The highest BCUT2D eigenvalue weighted by Crippen LogP contribution is 2.12. The Hall–Kier alpha value is -0.460. The van der Waals surface area contributed by atoms with Gasteiger partial charge >= 0.3 is 0 Å². The minimum atomic E-state index is 0.554. The van der Waals surface area contributed by atoms with Crippen molar-refractivity contribution in [2.45, 2.75) is 53.4 Å². The molecule has 0 saturated heterocycles. The average molecular weight is 197 g/mol. The van der Waals surface area contributed by atoms with Gasteiger partial charge in [0.25, 0.3) is 0 Å². The molecule has 1 unspecified atom stereocenters. The van der Waals surface area contributed by atoms with Crippen LogP contribution in [0, 0.1) is 11.8 Å². The maximum absolute atomic E-state index is 4.03. The number of unbranched alkanes of at least 4 members (excludes halogenated alkanes) is 1. The van der Waals surface area contributed by atoms with Crippen LogP contribution < -0.4 is 5.32 Å². The molecule has 0 aromatic carbocycles. The van der Waals surface area contributed by atoms with Gasteiger partial charge in [0.05, 0.1) is 0 Å². The van der Waals surface area contributed by atoms with E-state index in [1.165, 1.54) is 31.4 Å². The first-order chi connectivity index (χ1) is 6.61. The van der Waals surface area contributed by atoms with Gasteiger partial charge < -0.3 is 5.32 Å². The van der Waals surface area contributed by atoms with Crippen LogP contribution in [0.2, 0.25) is 0 Å². The predicted octanol–water partition coefficient (Wildman–Crippen LogP) is 3.96. The third kappa shape index (κ3) is 6.06. The van der Waals surface area contributed by atoms with Crippen LogP contribution in [0.3, 0.4) is 0 Å². The summed E-state index contributed by atoms with van der Waals surface area (Å²) in [6, 6.07) is 0. The fraction of sp³-hybridized carbons (Fsp3) is 0.846. The van der Waals surface area contributed by atoms with Crippen molar-refractivity contribution in [3.63, 3.8) is 0 Å². The van der Waals surface area contributed by atoms with E-state index in [4.69, 9.17) is 0 Å². The fourth-order valence-corrected chi connectivity index (χ4v) is 1.42. The SMILES string of the molecule is C=C(NCC(CC)CCCC)C(C)C. The van der Waals surface area contributed by atoms with Crippen LogP contribution in [0.1, 0.15) is 53.4 Å². The van der Waals surface area contributed by atoms with Crippen LogP contribution in [-0.2, 0) is 0 Å². The number of nitrogens with one attached hydrogen (secondary N) is 1. The van der Waals surface area contributed by atoms with E-state index in [0.29, 0.717) is 5.92 Å². The largest absolute Gasteiger partial charge is 0.388 e. The third-order valence-corrected chi connectivity index (χ3v) is 2.86. The summed E-state index contributed by atoms with van der Waals surface area (Å²) in [4.78, 5) is 0. The van der Waals surface area contributed by atoms with Crippen LogP contribution >= 0.6 is 0 Å². The van der Waals surface area contributed by atoms with E-state index < -0.39 is 0 Å². The molecule has 0 radical (unpaired) electrons. The van der Waals surface area contributed by atoms with Crippen molar-refractivity contribution in [1.29, 1.82) is 0 Å². The molecule has 0 aliphatic rings. The van der Waals surface area contributed by atoms with Gasteiger partial charge in [-0.15, -0.1) is 0 Å². The van der Waals surface area contributed by atoms with E-state index in [0.717, 1.165) is 12.5 Å². The number of rotatable bonds is 8. The summed E-state index contributed by atoms with van der Waals surface area (Å²) in [5.41, 5.74) is 1.18. The second-order valence-corrected chi connectivity index (χ2v) is 4.48. The van der Waals surface area contributed by atoms with Crippen molar-refractivity contribution in [2.24, 2.45) is 11.8 Å². The van der Waals surface area contributed by atoms with Crippen molar-refractivity contribution in [2.75, 3.05) is 6.54 Å². The fourth-order valence-electron chi connectivity index (χ4n) is 1.42. The zero-order valence-corrected chi connectivity index (χ0v) is 10.4. The molecule has 0 spiro atoms. The average Bonchev–Trinajstić information content (AvgIpc) is 2.17. The van der Waals surface area contributed by atoms with E-state index in [9.17, 15) is 0 Å². The highest BCUT2D eigenvalue weighted by molar-refractivity contribution is 4.94. The Morgan fingerprint density at radius 2 is 1.93 bits per heavy atom. The molecule has 0 amide bonds. The molecular weight excluding hydrogens is 170 g/mol. The van der Waals surface area contributed by atoms with Crippen molar-refractivity contribution in [1.82, 2.24) is 5.32 Å². The van der Waals surface area contributed by atoms with Gasteiger partial charge in [-0.05, 0) is 18.3 Å². The molecule has 0 saturated carbocycles. The zero-order valence-electron chi connectivity index (χ0n) is 10.4. The van der Waals surface area contributed by atoms with Crippen molar-refractivity contribution < 1.29 is 0 Å². The molecule has 14 heavy (non-hydrogen) atoms. The molecule has 0 aromatic heterocycles. The Kier molecular flexibility index (Phi) is 7.64. The lowest BCUT2D eigenvalue weighted by atomic mass is 9.99. The molecule has 1 atom stereocenters. The molecule has 1 N–H and O–H groups in total. The van der Waals surface area contributed by atoms with Gasteiger partial charge in [0.2, 0.25) is 0 Å². The smallest absolute Gasteiger partial charge is 0.0172 e. The minimum absolute atomic E-state index is 0.554. The Morgan fingerprint density at radius 1 is 1.29 bits per heavy atom. The molecule has 0 heterocycles. The summed E-state index contributed by atoms with van der Waals surface area (Å²) in [5.74, 6) is 1.38. The minimum Gasteiger partial charge on any atom is -0.388 e. The molecule has 0 bridgehead atoms. The molecule has 1 nitrogen and oxygen atoms in total. The lowest BCUT2D eigenvalue weighted by Crippen LogP contribution is -2.23. The summed E-state index contributed by atoms with van der Waals surface area (Å²) < 4.78 is 0. The molecule has 0 fully saturated rings. The van der Waals surface area contributed by atoms with Gasteiger partial charge in [0.1, 0.15) is 0 Å². The summed E-state index contributed by atoms with van der Waals surface area (Å²) in [7, 11) is 0. The first-order valence-corrected chi connectivity index (χ1v) is 6.04. The first kappa shape index (κ1) is 13.5. The Labute approximate surface area is 90.0 Å². The lowest BCUT2D eigenvalue weighted by Gasteiger charge is -2.19. The van der Waals surface area contributed by atoms with Crippen LogP contribution in [0.5, 0.6) is 0 Å². The van der Waals surface area contributed by atoms with Gasteiger partial charge in [-0.25, -0.2) is 0 Å². The Bertz CT molecular complexity index is 149. The molecule has 0 aliphatic heterocycles. The standard InChI is InChI=1S/C13H27N/c1-6-8-9-13(7-2)10-14-12(5)11(3)4/h11,13-14H,5-10H2,1-4H3. The zero-order chi connectivity index (χ0) is 11.0. The molecule has 1 heteroatoms. The van der Waals surface area contributed by atoms with E-state index in [-0.39, 0.29) is 0 Å². The second kappa shape index (κ2) is 7.90. The predicted molar refractivity (Wildman–Crippen MR) is 65.3 cm³/mol. The van der Waals surface area contributed by atoms with Crippen LogP contribution in [0.15, 0.2) is 12.3 Å². The summed E-state index contributed by atoms with van der Waals surface area (Å²) in [6.07, 6.45) is 5.29. The molecular formula is C13H27N. The normalized spacial score (nSPS) is 12.9. The molecule has 0 aliphatic carbocycles. The van der Waals surface area contributed by atoms with E-state index >= 15 is 0 Å². The topological polar surface area (TPSA) is 12.0 Å². The first-order valence-electron chi connectivity index (χ1n) is 6.04. The molecule has 0 rings (SSSR count). The highest BCUT2D eigenvalue weighted by Gasteiger charge is 2.06. The van der Waals surface area contributed by atoms with Crippen molar-refractivity contribution >= 4 is 0 Å². The third-order valence-electron chi connectivity index (χ3n) is 2.86. The summed E-state index contributed by atoms with van der Waals surface area (Å²) >= 11 is 0. The monoisotopic (exact) mass is 197 g/mol. The van der Waals surface area contributed by atoms with Crippen LogP contribution in [0.25, 0.3) is 0 Å². The Morgan fingerprint density at radius 3 is 2.36 bits per heavy atom. The van der Waals surface area contributed by atoms with Gasteiger partial charge in [-0.2, -0.15) is 0 Å². The maximum atomic E-state index is 4.03. The number of hydrogen-bond acceptors (Lipinski definition) is 1. The number of allylic oxidation sites excluding steroid dienone is 1. The number of hydrogen-bond donors (Lipinski definition) is 1. The second-order valence-electron chi connectivity index (χ2n) is 4.48. The van der Waals surface area contributed by atoms with Gasteiger partial charge in [0, 0.05) is 12.2 Å². The molecule has 0 aromatic rings. The van der Waals surface area contributed by atoms with Crippen LogP contribution in [-0.4, -0.2) is 6.54 Å². The molecule has 84 valence electrons. The van der Waals surface area contributed by atoms with Crippen molar-refractivity contribution in [3.05, 3.63) is 12.3 Å². The highest BCUT2D eigenvalue weighted by atomic mass is 14.9. The quantitative estimate of drug-likeness (QED) is 0.621. The van der Waals surface area contributed by atoms with E-state index in [1.54, 1.807) is 0 Å². The lowest BCUT2D eigenvalue weighted by molar-refractivity contribution is 0.428. The van der Waals surface area contributed by atoms with Gasteiger partial charge in [-0.1, -0.05) is 53.5 Å². The van der Waals surface area contributed by atoms with Gasteiger partial charge in [0.15, 0.2) is 0 Å². The van der Waals surface area contributed by atoms with Crippen LogP contribution in [0.4, 0.5) is 0 Å². The van der Waals surface area contributed by atoms with Gasteiger partial charge in [-0.3, -0.25) is 0 Å². The summed E-state index contributed by atoms with van der Waals surface area (Å²) in [6.45, 7) is 14.0. The maximum Gasteiger partial charge on any atom is 0.0172 e. The van der Waals surface area contributed by atoms with Crippen molar-refractivity contribution in [3.8, 4) is 0 Å².